The maximum absolute atomic E-state index is 12.9. The van der Waals surface area contributed by atoms with E-state index in [-0.39, 0.29) is 22.5 Å². The van der Waals surface area contributed by atoms with E-state index in [2.05, 4.69) is 0 Å². The second-order valence-electron chi connectivity index (χ2n) is 7.21. The molecule has 4 rings (SSSR count). The number of aromatic hydroxyl groups is 1. The Labute approximate surface area is 176 Å². The summed E-state index contributed by atoms with van der Waals surface area (Å²) in [6.07, 6.45) is -4.49. The third-order valence-electron chi connectivity index (χ3n) is 5.27. The zero-order valence-electron chi connectivity index (χ0n) is 16.5. The Balaban J connectivity index is 1.60. The number of fused-ring (bicyclic) bond motifs is 1. The maximum atomic E-state index is 12.9. The van der Waals surface area contributed by atoms with E-state index in [1.54, 1.807) is 12.1 Å². The molecule has 0 radical (unpaired) electrons. The number of hydrogen-bond donors (Lipinski definition) is 4. The van der Waals surface area contributed by atoms with Gasteiger partial charge in [0.05, 0.1) is 17.6 Å². The van der Waals surface area contributed by atoms with Gasteiger partial charge in [0.25, 0.3) is 0 Å². The fraction of sp³-hybridized carbons (Fsp3) is 0.318. The van der Waals surface area contributed by atoms with Gasteiger partial charge in [-0.05, 0) is 29.8 Å². The number of aliphatic hydroxyl groups is 3. The number of rotatable bonds is 5. The Morgan fingerprint density at radius 1 is 1.06 bits per heavy atom. The molecule has 0 amide bonds. The van der Waals surface area contributed by atoms with Gasteiger partial charge >= 0.3 is 0 Å². The quantitative estimate of drug-likeness (QED) is 0.467. The number of benzene rings is 2. The van der Waals surface area contributed by atoms with Crippen LogP contribution in [0.2, 0.25) is 0 Å². The van der Waals surface area contributed by atoms with Gasteiger partial charge in [0, 0.05) is 13.2 Å². The molecule has 1 aromatic heterocycles. The van der Waals surface area contributed by atoms with Crippen molar-refractivity contribution in [3.8, 4) is 22.6 Å². The fourth-order valence-electron chi connectivity index (χ4n) is 3.60. The molecule has 1 fully saturated rings. The molecular weight excluding hydrogens is 408 g/mol. The lowest BCUT2D eigenvalue weighted by atomic mass is 9.99. The molecule has 3 aromatic rings. The summed E-state index contributed by atoms with van der Waals surface area (Å²) in [7, 11) is 1.34. The first-order valence-corrected chi connectivity index (χ1v) is 9.60. The van der Waals surface area contributed by atoms with Gasteiger partial charge in [-0.1, -0.05) is 12.1 Å². The normalized spacial score (nSPS) is 26.1. The predicted molar refractivity (Wildman–Crippen MR) is 109 cm³/mol. The van der Waals surface area contributed by atoms with Crippen LogP contribution in [0, 0.1) is 0 Å². The molecule has 0 saturated carbocycles. The van der Waals surface area contributed by atoms with Gasteiger partial charge in [0.2, 0.25) is 6.29 Å². The van der Waals surface area contributed by atoms with Gasteiger partial charge in [-0.15, -0.1) is 0 Å². The summed E-state index contributed by atoms with van der Waals surface area (Å²) in [5, 5.41) is 39.7. The minimum Gasteiger partial charge on any atom is -0.508 e. The van der Waals surface area contributed by atoms with E-state index >= 15 is 0 Å². The van der Waals surface area contributed by atoms with Crippen molar-refractivity contribution >= 4 is 11.0 Å². The highest BCUT2D eigenvalue weighted by Gasteiger charge is 2.45. The molecule has 9 heteroatoms. The van der Waals surface area contributed by atoms with Crippen LogP contribution in [0.15, 0.2) is 57.9 Å². The van der Waals surface area contributed by atoms with Crippen LogP contribution in [0.3, 0.4) is 0 Å². The van der Waals surface area contributed by atoms with Gasteiger partial charge < -0.3 is 39.1 Å². The highest BCUT2D eigenvalue weighted by molar-refractivity contribution is 5.82. The van der Waals surface area contributed by atoms with Gasteiger partial charge in [0.1, 0.15) is 47.8 Å². The van der Waals surface area contributed by atoms with E-state index in [9.17, 15) is 25.2 Å². The van der Waals surface area contributed by atoms with E-state index in [0.29, 0.717) is 16.5 Å². The van der Waals surface area contributed by atoms with E-state index in [4.69, 9.17) is 18.6 Å². The summed E-state index contributed by atoms with van der Waals surface area (Å²) in [5.74, 6) is 0.324. The molecule has 2 heterocycles. The molecule has 31 heavy (non-hydrogen) atoms. The van der Waals surface area contributed by atoms with Crippen molar-refractivity contribution in [1.82, 2.24) is 0 Å². The topological polar surface area (TPSA) is 139 Å². The van der Waals surface area contributed by atoms with Gasteiger partial charge in [-0.25, -0.2) is 0 Å². The number of hydrogen-bond acceptors (Lipinski definition) is 9. The molecule has 9 nitrogen and oxygen atoms in total. The first kappa shape index (κ1) is 21.3. The van der Waals surface area contributed by atoms with Crippen LogP contribution in [0.25, 0.3) is 22.1 Å². The van der Waals surface area contributed by atoms with Crippen LogP contribution >= 0.6 is 0 Å². The predicted octanol–water partition coefficient (Wildman–Crippen LogP) is 0.998. The summed E-state index contributed by atoms with van der Waals surface area (Å²) in [5.41, 5.74) is 0.937. The van der Waals surface area contributed by atoms with Gasteiger partial charge in [0.15, 0.2) is 5.43 Å². The monoisotopic (exact) mass is 430 g/mol. The Morgan fingerprint density at radius 3 is 2.48 bits per heavy atom. The maximum Gasteiger partial charge on any atom is 0.229 e. The lowest BCUT2D eigenvalue weighted by Gasteiger charge is -2.41. The first-order chi connectivity index (χ1) is 14.9. The van der Waals surface area contributed by atoms with Crippen molar-refractivity contribution in [1.29, 1.82) is 0 Å². The van der Waals surface area contributed by atoms with Gasteiger partial charge in [-0.2, -0.15) is 0 Å². The lowest BCUT2D eigenvalue weighted by Crippen LogP contribution is -2.60. The Morgan fingerprint density at radius 2 is 1.81 bits per heavy atom. The number of methoxy groups -OCH3 is 1. The lowest BCUT2D eigenvalue weighted by molar-refractivity contribution is -0.281. The molecule has 1 saturated heterocycles. The highest BCUT2D eigenvalue weighted by atomic mass is 16.7. The van der Waals surface area contributed by atoms with Crippen LogP contribution in [0.4, 0.5) is 0 Å². The van der Waals surface area contributed by atoms with Crippen LogP contribution in [0.5, 0.6) is 11.5 Å². The molecule has 0 aliphatic carbocycles. The molecule has 0 spiro atoms. The van der Waals surface area contributed by atoms with E-state index in [1.165, 1.54) is 43.7 Å². The SMILES string of the molecule is CO[C@H]1[C@H](O)[C@@H](O)[C@H](Oc2ccc3c(=O)c(-c4ccc(O)cc4)coc3c2)O[C@@H]1CO. The second kappa shape index (κ2) is 8.66. The van der Waals surface area contributed by atoms with E-state index in [1.807, 2.05) is 0 Å². The minimum absolute atomic E-state index is 0.0909. The standard InChI is InChI=1S/C22H22O9/c1-28-21-17(9-23)31-22(20(27)19(21)26)30-13-6-7-14-16(8-13)29-10-15(18(14)25)11-2-4-12(24)5-3-11/h2-8,10,17,19-24,26-27H,9H2,1H3/t17-,19-,20-,21-,22-/m1/s1. The molecule has 1 aliphatic heterocycles. The molecule has 1 aliphatic rings. The summed E-state index contributed by atoms with van der Waals surface area (Å²) in [6, 6.07) is 10.7. The first-order valence-electron chi connectivity index (χ1n) is 9.60. The smallest absolute Gasteiger partial charge is 0.229 e. The van der Waals surface area contributed by atoms with Crippen LogP contribution < -0.4 is 10.2 Å². The largest absolute Gasteiger partial charge is 0.508 e. The molecule has 164 valence electrons. The summed E-state index contributed by atoms with van der Waals surface area (Å²) >= 11 is 0. The molecule has 0 unspecified atom stereocenters. The highest BCUT2D eigenvalue weighted by Crippen LogP contribution is 2.28. The number of phenols is 1. The van der Waals surface area contributed by atoms with Crippen molar-refractivity contribution < 1.29 is 39.1 Å². The van der Waals surface area contributed by atoms with Crippen LogP contribution in [-0.4, -0.2) is 64.8 Å². The van der Waals surface area contributed by atoms with Crippen molar-refractivity contribution in [2.24, 2.45) is 0 Å². The Bertz CT molecular complexity index is 1110. The summed E-state index contributed by atoms with van der Waals surface area (Å²) < 4.78 is 21.9. The third kappa shape index (κ3) is 4.01. The molecule has 2 aromatic carbocycles. The van der Waals surface area contributed by atoms with Gasteiger partial charge in [-0.3, -0.25) is 4.79 Å². The number of aliphatic hydroxyl groups excluding tert-OH is 3. The Hall–Kier alpha value is -2.95. The second-order valence-corrected chi connectivity index (χ2v) is 7.21. The van der Waals surface area contributed by atoms with Crippen molar-refractivity contribution in [3.63, 3.8) is 0 Å². The van der Waals surface area contributed by atoms with Crippen LogP contribution in [-0.2, 0) is 9.47 Å². The zero-order valence-corrected chi connectivity index (χ0v) is 16.5. The fourth-order valence-corrected chi connectivity index (χ4v) is 3.60. The van der Waals surface area contributed by atoms with E-state index in [0.717, 1.165) is 0 Å². The van der Waals surface area contributed by atoms with E-state index < -0.39 is 37.3 Å². The molecule has 5 atom stereocenters. The summed E-state index contributed by atoms with van der Waals surface area (Å²) in [6.45, 7) is -0.436. The third-order valence-corrected chi connectivity index (χ3v) is 5.27. The van der Waals surface area contributed by atoms with Crippen molar-refractivity contribution in [2.75, 3.05) is 13.7 Å². The van der Waals surface area contributed by atoms with Crippen LogP contribution in [0.1, 0.15) is 0 Å². The summed E-state index contributed by atoms with van der Waals surface area (Å²) in [4.78, 5) is 12.9. The minimum atomic E-state index is -1.42. The van der Waals surface area contributed by atoms with Crippen molar-refractivity contribution in [2.45, 2.75) is 30.7 Å². The average Bonchev–Trinajstić information content (AvgIpc) is 2.78. The Kier molecular flexibility index (Phi) is 5.94. The molecule has 4 N–H and O–H groups in total. The average molecular weight is 430 g/mol. The van der Waals surface area contributed by atoms with Crippen molar-refractivity contribution in [3.05, 3.63) is 59.0 Å². The number of phenolic OH excluding ortho intramolecular Hbond substituents is 1. The molecule has 0 bridgehead atoms. The molecular formula is C22H22O9. The number of ether oxygens (including phenoxy) is 3. The zero-order chi connectivity index (χ0) is 22.1.